The van der Waals surface area contributed by atoms with Crippen LogP contribution in [-0.4, -0.2) is 30.9 Å². The third-order valence-electron chi connectivity index (χ3n) is 3.24. The number of hydrogen-bond donors (Lipinski definition) is 3. The Labute approximate surface area is 116 Å². The molecule has 4 N–H and O–H groups in total. The van der Waals surface area contributed by atoms with Crippen molar-refractivity contribution < 1.29 is 9.84 Å². The summed E-state index contributed by atoms with van der Waals surface area (Å²) in [4.78, 5) is 0. The van der Waals surface area contributed by atoms with Crippen molar-refractivity contribution in [3.8, 4) is 5.75 Å². The lowest BCUT2D eigenvalue weighted by Crippen LogP contribution is -2.37. The van der Waals surface area contributed by atoms with Gasteiger partial charge in [0.1, 0.15) is 5.75 Å². The molecule has 1 aromatic carbocycles. The lowest BCUT2D eigenvalue weighted by atomic mass is 10.0. The Bertz CT molecular complexity index is 341. The first-order valence-electron chi connectivity index (χ1n) is 7.04. The van der Waals surface area contributed by atoms with Gasteiger partial charge in [0.2, 0.25) is 0 Å². The minimum absolute atomic E-state index is 0.118. The Kier molecular flexibility index (Phi) is 7.48. The van der Waals surface area contributed by atoms with Crippen LogP contribution in [0.3, 0.4) is 0 Å². The maximum atomic E-state index is 9.03. The van der Waals surface area contributed by atoms with Crippen molar-refractivity contribution in [3.63, 3.8) is 0 Å². The molecule has 2 atom stereocenters. The van der Waals surface area contributed by atoms with Gasteiger partial charge in [0, 0.05) is 25.2 Å². The molecular weight excluding hydrogens is 240 g/mol. The summed E-state index contributed by atoms with van der Waals surface area (Å²) in [6, 6.07) is 8.44. The average molecular weight is 266 g/mol. The molecule has 0 aromatic heterocycles. The van der Waals surface area contributed by atoms with Crippen LogP contribution < -0.4 is 15.8 Å². The molecule has 4 heteroatoms. The molecule has 0 radical (unpaired) electrons. The number of benzene rings is 1. The van der Waals surface area contributed by atoms with Crippen LogP contribution in [0.15, 0.2) is 24.3 Å². The highest BCUT2D eigenvalue weighted by molar-refractivity contribution is 5.29. The molecule has 0 fully saturated rings. The second-order valence-electron chi connectivity index (χ2n) is 4.57. The van der Waals surface area contributed by atoms with Gasteiger partial charge in [-0.1, -0.05) is 19.1 Å². The number of ether oxygens (including phenoxy) is 1. The number of nitrogens with one attached hydrogen (secondary N) is 1. The topological polar surface area (TPSA) is 67.5 Å². The number of aliphatic hydroxyl groups excluding tert-OH is 1. The first kappa shape index (κ1) is 16.0. The minimum Gasteiger partial charge on any atom is -0.494 e. The van der Waals surface area contributed by atoms with E-state index in [-0.39, 0.29) is 12.6 Å². The summed E-state index contributed by atoms with van der Waals surface area (Å²) in [5.41, 5.74) is 7.00. The number of aliphatic hydroxyl groups is 1. The molecule has 0 spiro atoms. The second-order valence-corrected chi connectivity index (χ2v) is 4.57. The molecule has 0 saturated carbocycles. The van der Waals surface area contributed by atoms with Crippen LogP contribution in [0.1, 0.15) is 38.3 Å². The van der Waals surface area contributed by atoms with Crippen molar-refractivity contribution in [2.24, 2.45) is 5.73 Å². The van der Waals surface area contributed by atoms with Crippen molar-refractivity contribution in [1.29, 1.82) is 0 Å². The van der Waals surface area contributed by atoms with Crippen molar-refractivity contribution in [2.75, 3.05) is 19.8 Å². The maximum Gasteiger partial charge on any atom is 0.119 e. The SMILES string of the molecule is CCOc1ccc(C(CN)NC(CC)CCO)cc1. The lowest BCUT2D eigenvalue weighted by Gasteiger charge is -2.24. The first-order chi connectivity index (χ1) is 9.24. The predicted molar refractivity (Wildman–Crippen MR) is 78.3 cm³/mol. The highest BCUT2D eigenvalue weighted by atomic mass is 16.5. The number of rotatable bonds is 9. The molecular formula is C15H26N2O2. The summed E-state index contributed by atoms with van der Waals surface area (Å²) in [5, 5.41) is 12.5. The highest BCUT2D eigenvalue weighted by Gasteiger charge is 2.14. The lowest BCUT2D eigenvalue weighted by molar-refractivity contribution is 0.255. The molecule has 0 aliphatic carbocycles. The fourth-order valence-corrected chi connectivity index (χ4v) is 2.11. The Morgan fingerprint density at radius 1 is 1.26 bits per heavy atom. The van der Waals surface area contributed by atoms with E-state index in [1.165, 1.54) is 0 Å². The molecule has 4 nitrogen and oxygen atoms in total. The molecule has 0 heterocycles. The Hall–Kier alpha value is -1.10. The van der Waals surface area contributed by atoms with E-state index in [0.717, 1.165) is 24.2 Å². The smallest absolute Gasteiger partial charge is 0.119 e. The van der Waals surface area contributed by atoms with Gasteiger partial charge >= 0.3 is 0 Å². The van der Waals surface area contributed by atoms with E-state index in [1.807, 2.05) is 31.2 Å². The molecule has 0 aliphatic heterocycles. The predicted octanol–water partition coefficient (Wildman–Crippen LogP) is 1.84. The molecule has 0 aliphatic rings. The monoisotopic (exact) mass is 266 g/mol. The van der Waals surface area contributed by atoms with E-state index in [4.69, 9.17) is 15.6 Å². The normalized spacial score (nSPS) is 14.1. The van der Waals surface area contributed by atoms with Crippen LogP contribution in [0, 0.1) is 0 Å². The van der Waals surface area contributed by atoms with E-state index in [1.54, 1.807) is 0 Å². The van der Waals surface area contributed by atoms with Crippen LogP contribution in [0.5, 0.6) is 5.75 Å². The molecule has 19 heavy (non-hydrogen) atoms. The zero-order valence-electron chi connectivity index (χ0n) is 11.9. The fourth-order valence-electron chi connectivity index (χ4n) is 2.11. The third kappa shape index (κ3) is 5.19. The number of nitrogens with two attached hydrogens (primary N) is 1. The van der Waals surface area contributed by atoms with Gasteiger partial charge in [0.25, 0.3) is 0 Å². The van der Waals surface area contributed by atoms with Crippen molar-refractivity contribution in [3.05, 3.63) is 29.8 Å². The summed E-state index contributed by atoms with van der Waals surface area (Å²) in [5.74, 6) is 0.879. The number of hydrogen-bond acceptors (Lipinski definition) is 4. The van der Waals surface area contributed by atoms with Crippen molar-refractivity contribution >= 4 is 0 Å². The zero-order valence-corrected chi connectivity index (χ0v) is 11.9. The van der Waals surface area contributed by atoms with Gasteiger partial charge in [-0.25, -0.2) is 0 Å². The van der Waals surface area contributed by atoms with Crippen LogP contribution >= 0.6 is 0 Å². The van der Waals surface area contributed by atoms with Gasteiger partial charge in [-0.05, 0) is 37.5 Å². The summed E-state index contributed by atoms with van der Waals surface area (Å²) >= 11 is 0. The standard InChI is InChI=1S/C15H26N2O2/c1-3-13(9-10-18)17-15(11-16)12-5-7-14(8-6-12)19-4-2/h5-8,13,15,17-18H,3-4,9-11,16H2,1-2H3. The Morgan fingerprint density at radius 3 is 2.42 bits per heavy atom. The van der Waals surface area contributed by atoms with E-state index in [9.17, 15) is 0 Å². The summed E-state index contributed by atoms with van der Waals surface area (Å²) in [7, 11) is 0. The van der Waals surface area contributed by atoms with Crippen molar-refractivity contribution in [2.45, 2.75) is 38.8 Å². The van der Waals surface area contributed by atoms with Crippen LogP contribution in [-0.2, 0) is 0 Å². The highest BCUT2D eigenvalue weighted by Crippen LogP contribution is 2.18. The third-order valence-corrected chi connectivity index (χ3v) is 3.24. The van der Waals surface area contributed by atoms with Crippen LogP contribution in [0.4, 0.5) is 0 Å². The summed E-state index contributed by atoms with van der Waals surface area (Å²) in [6.07, 6.45) is 1.73. The van der Waals surface area contributed by atoms with Gasteiger partial charge in [0.15, 0.2) is 0 Å². The molecule has 1 aromatic rings. The minimum atomic E-state index is 0.118. The van der Waals surface area contributed by atoms with E-state index < -0.39 is 0 Å². The van der Waals surface area contributed by atoms with Gasteiger partial charge in [-0.3, -0.25) is 0 Å². The Balaban J connectivity index is 2.67. The molecule has 108 valence electrons. The van der Waals surface area contributed by atoms with Gasteiger partial charge < -0.3 is 20.9 Å². The first-order valence-corrected chi connectivity index (χ1v) is 7.04. The Morgan fingerprint density at radius 2 is 1.95 bits per heavy atom. The maximum absolute atomic E-state index is 9.03. The van der Waals surface area contributed by atoms with E-state index in [2.05, 4.69) is 12.2 Å². The molecule has 0 amide bonds. The van der Waals surface area contributed by atoms with Crippen LogP contribution in [0.2, 0.25) is 0 Å². The quantitative estimate of drug-likeness (QED) is 0.638. The molecule has 0 saturated heterocycles. The van der Waals surface area contributed by atoms with Crippen molar-refractivity contribution in [1.82, 2.24) is 5.32 Å². The molecule has 1 rings (SSSR count). The van der Waals surface area contributed by atoms with E-state index in [0.29, 0.717) is 19.2 Å². The average Bonchev–Trinajstić information content (AvgIpc) is 2.45. The van der Waals surface area contributed by atoms with E-state index >= 15 is 0 Å². The van der Waals surface area contributed by atoms with Crippen LogP contribution in [0.25, 0.3) is 0 Å². The molecule has 2 unspecified atom stereocenters. The second kappa shape index (κ2) is 8.91. The van der Waals surface area contributed by atoms with Gasteiger partial charge in [0.05, 0.1) is 6.61 Å². The zero-order chi connectivity index (χ0) is 14.1. The van der Waals surface area contributed by atoms with Gasteiger partial charge in [-0.15, -0.1) is 0 Å². The fraction of sp³-hybridized carbons (Fsp3) is 0.600. The largest absolute Gasteiger partial charge is 0.494 e. The summed E-state index contributed by atoms with van der Waals surface area (Å²) < 4.78 is 5.43. The molecule has 0 bridgehead atoms. The summed E-state index contributed by atoms with van der Waals surface area (Å²) in [6.45, 7) is 5.49. The van der Waals surface area contributed by atoms with Gasteiger partial charge in [-0.2, -0.15) is 0 Å².